The van der Waals surface area contributed by atoms with Crippen LogP contribution in [0.3, 0.4) is 0 Å². The second-order valence-corrected chi connectivity index (χ2v) is 6.86. The van der Waals surface area contributed by atoms with Crippen molar-refractivity contribution in [1.29, 1.82) is 0 Å². The third-order valence-electron chi connectivity index (χ3n) is 5.20. The zero-order valence-electron chi connectivity index (χ0n) is 13.7. The van der Waals surface area contributed by atoms with Crippen molar-refractivity contribution in [3.8, 4) is 0 Å². The number of rotatable bonds is 3. The summed E-state index contributed by atoms with van der Waals surface area (Å²) in [6.07, 6.45) is 2.27. The number of benzene rings is 1. The number of likely N-dealkylation sites (tertiary alicyclic amines) is 1. The van der Waals surface area contributed by atoms with Gasteiger partial charge in [-0.05, 0) is 57.4 Å². The average Bonchev–Trinajstić information content (AvgIpc) is 2.86. The Morgan fingerprint density at radius 2 is 1.73 bits per heavy atom. The third kappa shape index (κ3) is 3.18. The summed E-state index contributed by atoms with van der Waals surface area (Å²) in [7, 11) is 3.98. The lowest BCUT2D eigenvalue weighted by Gasteiger charge is -2.30. The van der Waals surface area contributed by atoms with Crippen LogP contribution in [-0.2, 0) is 4.79 Å². The van der Waals surface area contributed by atoms with Crippen LogP contribution in [0.25, 0.3) is 0 Å². The Morgan fingerprint density at radius 3 is 2.27 bits per heavy atom. The lowest BCUT2D eigenvalue weighted by atomic mass is 9.92. The summed E-state index contributed by atoms with van der Waals surface area (Å²) in [6, 6.07) is 9.96. The molecule has 0 bridgehead atoms. The van der Waals surface area contributed by atoms with E-state index in [9.17, 15) is 4.79 Å². The quantitative estimate of drug-likeness (QED) is 0.924. The van der Waals surface area contributed by atoms with E-state index in [2.05, 4.69) is 22.3 Å². The number of fused-ring (bicyclic) bond motifs is 1. The molecule has 2 aliphatic heterocycles. The highest BCUT2D eigenvalue weighted by atomic mass is 16.2. The van der Waals surface area contributed by atoms with E-state index >= 15 is 0 Å². The highest BCUT2D eigenvalue weighted by Gasteiger charge is 2.34. The van der Waals surface area contributed by atoms with Crippen LogP contribution < -0.4 is 5.32 Å². The van der Waals surface area contributed by atoms with Gasteiger partial charge in [-0.15, -0.1) is 0 Å². The Bertz CT molecular complexity index is 488. The van der Waals surface area contributed by atoms with Gasteiger partial charge in [-0.3, -0.25) is 9.69 Å². The van der Waals surface area contributed by atoms with E-state index in [0.29, 0.717) is 0 Å². The zero-order chi connectivity index (χ0) is 15.5. The number of hydrogen-bond donors (Lipinski definition) is 1. The molecule has 1 amide bonds. The Labute approximate surface area is 133 Å². The zero-order valence-corrected chi connectivity index (χ0v) is 13.7. The van der Waals surface area contributed by atoms with Crippen LogP contribution in [0.5, 0.6) is 0 Å². The van der Waals surface area contributed by atoms with Gasteiger partial charge in [0.05, 0.1) is 0 Å². The molecule has 0 radical (unpaired) electrons. The molecular weight excluding hydrogens is 274 g/mol. The molecule has 22 heavy (non-hydrogen) atoms. The molecule has 1 unspecified atom stereocenters. The van der Waals surface area contributed by atoms with Crippen molar-refractivity contribution in [2.24, 2.45) is 11.8 Å². The van der Waals surface area contributed by atoms with Crippen molar-refractivity contribution in [3.05, 3.63) is 35.9 Å². The summed E-state index contributed by atoms with van der Waals surface area (Å²) in [5, 5.41) is 3.49. The fourth-order valence-electron chi connectivity index (χ4n) is 3.91. The predicted molar refractivity (Wildman–Crippen MR) is 88.5 cm³/mol. The van der Waals surface area contributed by atoms with Gasteiger partial charge in [0.15, 0.2) is 0 Å². The molecule has 2 heterocycles. The molecule has 1 N–H and O–H groups in total. The summed E-state index contributed by atoms with van der Waals surface area (Å²) in [5.74, 6) is 1.77. The van der Waals surface area contributed by atoms with Crippen LogP contribution in [-0.4, -0.2) is 56.0 Å². The molecule has 1 aromatic carbocycles. The fourth-order valence-corrected chi connectivity index (χ4v) is 3.91. The molecule has 4 heteroatoms. The summed E-state index contributed by atoms with van der Waals surface area (Å²) in [5.41, 5.74) is 1.09. The van der Waals surface area contributed by atoms with Gasteiger partial charge in [0, 0.05) is 13.1 Å². The number of amides is 1. The summed E-state index contributed by atoms with van der Waals surface area (Å²) >= 11 is 0. The van der Waals surface area contributed by atoms with Crippen molar-refractivity contribution in [2.75, 3.05) is 40.3 Å². The Morgan fingerprint density at radius 1 is 1.14 bits per heavy atom. The van der Waals surface area contributed by atoms with Gasteiger partial charge in [-0.25, -0.2) is 0 Å². The first kappa shape index (κ1) is 15.5. The minimum atomic E-state index is -0.169. The lowest BCUT2D eigenvalue weighted by molar-refractivity contribution is -0.136. The molecule has 0 aliphatic carbocycles. The van der Waals surface area contributed by atoms with Crippen molar-refractivity contribution in [1.82, 2.24) is 15.1 Å². The fraction of sp³-hybridized carbons (Fsp3) is 0.611. The van der Waals surface area contributed by atoms with Gasteiger partial charge < -0.3 is 10.2 Å². The molecule has 2 saturated heterocycles. The molecule has 2 fully saturated rings. The molecular formula is C18H27N3O. The van der Waals surface area contributed by atoms with E-state index in [-0.39, 0.29) is 11.9 Å². The number of carbonyl (C=O) groups is 1. The van der Waals surface area contributed by atoms with Crippen molar-refractivity contribution in [2.45, 2.75) is 18.9 Å². The first-order valence-corrected chi connectivity index (χ1v) is 8.37. The molecule has 4 nitrogen and oxygen atoms in total. The summed E-state index contributed by atoms with van der Waals surface area (Å²) in [4.78, 5) is 17.2. The number of nitrogens with zero attached hydrogens (tertiary/aromatic N) is 2. The Balaban J connectivity index is 1.73. The van der Waals surface area contributed by atoms with Gasteiger partial charge >= 0.3 is 0 Å². The molecule has 0 aromatic heterocycles. The van der Waals surface area contributed by atoms with Crippen LogP contribution in [0, 0.1) is 11.8 Å². The molecule has 0 spiro atoms. The van der Waals surface area contributed by atoms with Crippen molar-refractivity contribution >= 4 is 5.91 Å². The topological polar surface area (TPSA) is 35.6 Å². The van der Waals surface area contributed by atoms with E-state index < -0.39 is 0 Å². The van der Waals surface area contributed by atoms with E-state index in [1.807, 2.05) is 37.2 Å². The second kappa shape index (κ2) is 6.80. The van der Waals surface area contributed by atoms with E-state index in [1.54, 1.807) is 0 Å². The number of carbonyl (C=O) groups excluding carboxylic acids is 1. The van der Waals surface area contributed by atoms with E-state index in [1.165, 1.54) is 0 Å². The minimum absolute atomic E-state index is 0.169. The Hall–Kier alpha value is -1.39. The van der Waals surface area contributed by atoms with Gasteiger partial charge in [0.25, 0.3) is 0 Å². The normalized spacial score (nSPS) is 26.6. The van der Waals surface area contributed by atoms with Crippen LogP contribution in [0.4, 0.5) is 0 Å². The molecule has 0 saturated carbocycles. The predicted octanol–water partition coefficient (Wildman–Crippen LogP) is 1.75. The monoisotopic (exact) mass is 301 g/mol. The smallest absolute Gasteiger partial charge is 0.244 e. The van der Waals surface area contributed by atoms with E-state index in [0.717, 1.165) is 56.4 Å². The number of hydrogen-bond acceptors (Lipinski definition) is 3. The molecule has 2 aliphatic rings. The highest BCUT2D eigenvalue weighted by Crippen LogP contribution is 2.29. The van der Waals surface area contributed by atoms with Gasteiger partial charge in [-0.2, -0.15) is 0 Å². The van der Waals surface area contributed by atoms with Gasteiger partial charge in [-0.1, -0.05) is 30.3 Å². The van der Waals surface area contributed by atoms with Gasteiger partial charge in [0.1, 0.15) is 6.04 Å². The first-order valence-electron chi connectivity index (χ1n) is 8.37. The Kier molecular flexibility index (Phi) is 4.79. The summed E-state index contributed by atoms with van der Waals surface area (Å²) in [6.45, 7) is 4.06. The summed E-state index contributed by atoms with van der Waals surface area (Å²) < 4.78 is 0. The van der Waals surface area contributed by atoms with Crippen LogP contribution in [0.15, 0.2) is 30.3 Å². The maximum atomic E-state index is 13.1. The first-order chi connectivity index (χ1) is 10.7. The third-order valence-corrected chi connectivity index (χ3v) is 5.20. The van der Waals surface area contributed by atoms with Crippen LogP contribution in [0.1, 0.15) is 24.4 Å². The molecule has 3 atom stereocenters. The largest absolute Gasteiger partial charge is 0.341 e. The van der Waals surface area contributed by atoms with E-state index in [4.69, 9.17) is 0 Å². The molecule has 3 rings (SSSR count). The number of likely N-dealkylation sites (N-methyl/N-ethyl adjacent to an activating group) is 1. The minimum Gasteiger partial charge on any atom is -0.341 e. The maximum absolute atomic E-state index is 13.1. The average molecular weight is 301 g/mol. The van der Waals surface area contributed by atoms with Crippen molar-refractivity contribution < 1.29 is 4.79 Å². The highest BCUT2D eigenvalue weighted by molar-refractivity contribution is 5.83. The maximum Gasteiger partial charge on any atom is 0.244 e. The molecule has 1 aromatic rings. The SMILES string of the molecule is CN(C)C(C(=O)N1CC[C@@H]2CNC[C@@H]2CC1)c1ccccc1. The van der Waals surface area contributed by atoms with Crippen LogP contribution in [0.2, 0.25) is 0 Å². The standard InChI is InChI=1S/C18H27N3O/c1-20(2)17(14-6-4-3-5-7-14)18(22)21-10-8-15-12-19-13-16(15)9-11-21/h3-7,15-17,19H,8-13H2,1-2H3/t15-,16+,17?. The van der Waals surface area contributed by atoms with Gasteiger partial charge in [0.2, 0.25) is 5.91 Å². The second-order valence-electron chi connectivity index (χ2n) is 6.86. The van der Waals surface area contributed by atoms with Crippen molar-refractivity contribution in [3.63, 3.8) is 0 Å². The molecule has 120 valence electrons. The number of nitrogens with one attached hydrogen (secondary N) is 1. The van der Waals surface area contributed by atoms with Crippen LogP contribution >= 0.6 is 0 Å². The lowest BCUT2D eigenvalue weighted by Crippen LogP contribution is -2.41.